The lowest BCUT2D eigenvalue weighted by atomic mass is 10.0. The molecule has 3 rings (SSSR count). The molecule has 1 N–H and O–H groups in total. The Balaban J connectivity index is 1.53. The summed E-state index contributed by atoms with van der Waals surface area (Å²) >= 11 is 3.33. The first-order valence-corrected chi connectivity index (χ1v) is 11.3. The summed E-state index contributed by atoms with van der Waals surface area (Å²) in [5.74, 6) is 1.35. The number of hydrogen-bond acceptors (Lipinski definition) is 4. The van der Waals surface area contributed by atoms with Crippen molar-refractivity contribution in [3.8, 4) is 0 Å². The number of thioether (sulfide) groups is 1. The van der Waals surface area contributed by atoms with Gasteiger partial charge in [0.05, 0.1) is 12.1 Å². The molecule has 0 unspecified atom stereocenters. The average Bonchev–Trinajstić information content (AvgIpc) is 3.10. The van der Waals surface area contributed by atoms with E-state index in [1.807, 2.05) is 17.5 Å². The summed E-state index contributed by atoms with van der Waals surface area (Å²) in [5.41, 5.74) is 6.84. The molecule has 0 atom stereocenters. The summed E-state index contributed by atoms with van der Waals surface area (Å²) in [7, 11) is 0. The fraction of sp³-hybridized carbons (Fsp3) is 0.304. The van der Waals surface area contributed by atoms with Crippen molar-refractivity contribution in [3.05, 3.63) is 75.8 Å². The second-order valence-corrected chi connectivity index (χ2v) is 9.41. The van der Waals surface area contributed by atoms with Crippen LogP contribution in [-0.4, -0.2) is 10.9 Å². The molecule has 1 heterocycles. The molecule has 28 heavy (non-hydrogen) atoms. The normalized spacial score (nSPS) is 11.0. The molecule has 0 radical (unpaired) electrons. The zero-order chi connectivity index (χ0) is 20.1. The van der Waals surface area contributed by atoms with E-state index in [4.69, 9.17) is 0 Å². The third-order valence-electron chi connectivity index (χ3n) is 4.59. The Bertz CT molecular complexity index is 945. The Morgan fingerprint density at radius 1 is 1.14 bits per heavy atom. The van der Waals surface area contributed by atoms with Crippen molar-refractivity contribution in [1.82, 2.24) is 4.98 Å². The number of aromatic nitrogens is 1. The number of anilines is 1. The summed E-state index contributed by atoms with van der Waals surface area (Å²) in [5, 5.41) is 4.94. The molecule has 0 fully saturated rings. The number of aryl methyl sites for hydroxylation is 2. The minimum Gasteiger partial charge on any atom is -0.326 e. The lowest BCUT2D eigenvalue weighted by molar-refractivity contribution is -0.115. The van der Waals surface area contributed by atoms with Crippen LogP contribution in [0.5, 0.6) is 0 Å². The first-order chi connectivity index (χ1) is 13.4. The van der Waals surface area contributed by atoms with Crippen LogP contribution in [-0.2, 0) is 17.0 Å². The number of carbonyl (C=O) groups is 1. The number of thiazole rings is 1. The van der Waals surface area contributed by atoms with Gasteiger partial charge >= 0.3 is 0 Å². The van der Waals surface area contributed by atoms with Crippen molar-refractivity contribution < 1.29 is 4.79 Å². The second kappa shape index (κ2) is 9.39. The quantitative estimate of drug-likeness (QED) is 0.461. The summed E-state index contributed by atoms with van der Waals surface area (Å²) < 4.78 is 1.00. The number of nitrogens with one attached hydrogen (secondary N) is 1. The molecule has 0 saturated carbocycles. The van der Waals surface area contributed by atoms with Gasteiger partial charge in [0, 0.05) is 16.8 Å². The van der Waals surface area contributed by atoms with Gasteiger partial charge in [-0.15, -0.1) is 11.3 Å². The number of amides is 1. The standard InChI is InChI=1S/C23H26N2OS2/c1-15(2)18-7-9-20(10-8-18)24-22(26)12-21-14-28-23(25-21)27-13-19-11-16(3)5-6-17(19)4/h5-11,14-15H,12-13H2,1-4H3,(H,24,26). The molecule has 146 valence electrons. The minimum absolute atomic E-state index is 0.0336. The molecule has 3 aromatic rings. The van der Waals surface area contributed by atoms with Crippen molar-refractivity contribution in [3.63, 3.8) is 0 Å². The molecule has 1 aromatic heterocycles. The molecule has 3 nitrogen and oxygen atoms in total. The van der Waals surface area contributed by atoms with Crippen molar-refractivity contribution in [1.29, 1.82) is 0 Å². The van der Waals surface area contributed by atoms with Crippen LogP contribution < -0.4 is 5.32 Å². The van der Waals surface area contributed by atoms with Gasteiger partial charge in [-0.25, -0.2) is 4.98 Å². The Morgan fingerprint density at radius 2 is 1.89 bits per heavy atom. The van der Waals surface area contributed by atoms with Gasteiger partial charge in [0.1, 0.15) is 4.34 Å². The largest absolute Gasteiger partial charge is 0.326 e. The molecule has 0 spiro atoms. The molecule has 0 saturated heterocycles. The SMILES string of the molecule is Cc1ccc(C)c(CSc2nc(CC(=O)Nc3ccc(C(C)C)cc3)cs2)c1. The summed E-state index contributed by atoms with van der Waals surface area (Å²) in [6, 6.07) is 14.6. The molecular weight excluding hydrogens is 384 g/mol. The van der Waals surface area contributed by atoms with E-state index in [-0.39, 0.29) is 5.91 Å². The highest BCUT2D eigenvalue weighted by Crippen LogP contribution is 2.28. The average molecular weight is 411 g/mol. The van der Waals surface area contributed by atoms with E-state index in [1.54, 1.807) is 23.1 Å². The van der Waals surface area contributed by atoms with E-state index in [0.717, 1.165) is 21.5 Å². The van der Waals surface area contributed by atoms with Crippen LogP contribution in [0.2, 0.25) is 0 Å². The van der Waals surface area contributed by atoms with E-state index in [1.165, 1.54) is 22.3 Å². The smallest absolute Gasteiger partial charge is 0.230 e. The molecule has 0 aliphatic carbocycles. The molecule has 0 aliphatic rings. The highest BCUT2D eigenvalue weighted by Gasteiger charge is 2.10. The van der Waals surface area contributed by atoms with Crippen LogP contribution in [0.3, 0.4) is 0 Å². The van der Waals surface area contributed by atoms with E-state index >= 15 is 0 Å². The van der Waals surface area contributed by atoms with Gasteiger partial charge in [0.25, 0.3) is 0 Å². The van der Waals surface area contributed by atoms with Crippen LogP contribution in [0, 0.1) is 13.8 Å². The maximum atomic E-state index is 12.3. The molecule has 5 heteroatoms. The Morgan fingerprint density at radius 3 is 2.61 bits per heavy atom. The van der Waals surface area contributed by atoms with Crippen molar-refractivity contribution in [2.24, 2.45) is 0 Å². The topological polar surface area (TPSA) is 42.0 Å². The van der Waals surface area contributed by atoms with Crippen molar-refractivity contribution in [2.45, 2.75) is 50.1 Å². The summed E-state index contributed by atoms with van der Waals surface area (Å²) in [6.45, 7) is 8.57. The minimum atomic E-state index is -0.0336. The Kier molecular flexibility index (Phi) is 6.92. The predicted molar refractivity (Wildman–Crippen MR) is 120 cm³/mol. The second-order valence-electron chi connectivity index (χ2n) is 7.33. The highest BCUT2D eigenvalue weighted by atomic mass is 32.2. The van der Waals surface area contributed by atoms with Crippen LogP contribution in [0.15, 0.2) is 52.2 Å². The molecule has 2 aromatic carbocycles. The van der Waals surface area contributed by atoms with Gasteiger partial charge in [0.15, 0.2) is 0 Å². The first kappa shape index (κ1) is 20.6. The monoisotopic (exact) mass is 410 g/mol. The molecule has 1 amide bonds. The molecular formula is C23H26N2OS2. The van der Waals surface area contributed by atoms with E-state index in [9.17, 15) is 4.79 Å². The van der Waals surface area contributed by atoms with Gasteiger partial charge in [-0.1, -0.05) is 61.5 Å². The number of benzene rings is 2. The Labute approximate surface area is 175 Å². The summed E-state index contributed by atoms with van der Waals surface area (Å²) in [4.78, 5) is 16.9. The summed E-state index contributed by atoms with van der Waals surface area (Å²) in [6.07, 6.45) is 0.298. The van der Waals surface area contributed by atoms with Crippen molar-refractivity contribution in [2.75, 3.05) is 5.32 Å². The van der Waals surface area contributed by atoms with E-state index < -0.39 is 0 Å². The lowest BCUT2D eigenvalue weighted by Crippen LogP contribution is -2.14. The van der Waals surface area contributed by atoms with Gasteiger partial charge in [0.2, 0.25) is 5.91 Å². The zero-order valence-electron chi connectivity index (χ0n) is 16.8. The van der Waals surface area contributed by atoms with Crippen LogP contribution in [0.1, 0.15) is 47.7 Å². The van der Waals surface area contributed by atoms with Gasteiger partial charge in [-0.05, 0) is 48.6 Å². The molecule has 0 aliphatic heterocycles. The third kappa shape index (κ3) is 5.69. The Hall–Kier alpha value is -2.11. The van der Waals surface area contributed by atoms with Crippen LogP contribution in [0.25, 0.3) is 0 Å². The first-order valence-electron chi connectivity index (χ1n) is 9.44. The number of carbonyl (C=O) groups excluding carboxylic acids is 1. The lowest BCUT2D eigenvalue weighted by Gasteiger charge is -2.08. The highest BCUT2D eigenvalue weighted by molar-refractivity contribution is 8.00. The van der Waals surface area contributed by atoms with Crippen LogP contribution in [0.4, 0.5) is 5.69 Å². The van der Waals surface area contributed by atoms with E-state index in [2.05, 4.69) is 68.3 Å². The molecule has 0 bridgehead atoms. The maximum Gasteiger partial charge on any atom is 0.230 e. The maximum absolute atomic E-state index is 12.3. The number of hydrogen-bond donors (Lipinski definition) is 1. The van der Waals surface area contributed by atoms with Gasteiger partial charge in [-0.2, -0.15) is 0 Å². The number of rotatable bonds is 7. The van der Waals surface area contributed by atoms with Gasteiger partial charge in [-0.3, -0.25) is 4.79 Å². The van der Waals surface area contributed by atoms with E-state index in [0.29, 0.717) is 12.3 Å². The van der Waals surface area contributed by atoms with Crippen molar-refractivity contribution >= 4 is 34.7 Å². The van der Waals surface area contributed by atoms with Gasteiger partial charge < -0.3 is 5.32 Å². The number of nitrogens with zero attached hydrogens (tertiary/aromatic N) is 1. The predicted octanol–water partition coefficient (Wildman–Crippen LogP) is 6.36. The fourth-order valence-electron chi connectivity index (χ4n) is 2.85. The zero-order valence-corrected chi connectivity index (χ0v) is 18.4. The van der Waals surface area contributed by atoms with Crippen LogP contribution >= 0.6 is 23.1 Å². The third-order valence-corrected chi connectivity index (χ3v) is 6.71. The fourth-order valence-corrected chi connectivity index (χ4v) is 4.76.